The highest BCUT2D eigenvalue weighted by molar-refractivity contribution is 4.89. The van der Waals surface area contributed by atoms with Gasteiger partial charge in [0, 0.05) is 0 Å². The molecule has 1 aliphatic rings. The molecule has 0 bridgehead atoms. The van der Waals surface area contributed by atoms with Gasteiger partial charge >= 0.3 is 0 Å². The van der Waals surface area contributed by atoms with Crippen molar-refractivity contribution in [1.29, 1.82) is 0 Å². The summed E-state index contributed by atoms with van der Waals surface area (Å²) in [4.78, 5) is 0. The topological polar surface area (TPSA) is 169 Å². The van der Waals surface area contributed by atoms with Crippen LogP contribution in [-0.4, -0.2) is 111 Å². The maximum Gasteiger partial charge on any atom is 0.187 e. The van der Waals surface area contributed by atoms with Crippen LogP contribution in [0.3, 0.4) is 0 Å². The Kier molecular flexibility index (Phi) is 8.95. The van der Waals surface area contributed by atoms with Gasteiger partial charge in [-0.25, -0.2) is 0 Å². The van der Waals surface area contributed by atoms with Crippen LogP contribution in [0.1, 0.15) is 13.8 Å². The van der Waals surface area contributed by atoms with E-state index >= 15 is 0 Å². The SMILES string of the molecule is CC(O)C(CO)OC(C)[C@H](CO)OC1OC(CO)C(O)C(O)C1O. The van der Waals surface area contributed by atoms with Crippen LogP contribution < -0.4 is 0 Å². The van der Waals surface area contributed by atoms with Crippen molar-refractivity contribution in [3.63, 3.8) is 0 Å². The van der Waals surface area contributed by atoms with Crippen LogP contribution in [-0.2, 0) is 14.2 Å². The van der Waals surface area contributed by atoms with Crippen molar-refractivity contribution < 1.29 is 50.0 Å². The van der Waals surface area contributed by atoms with Gasteiger partial charge in [-0.05, 0) is 13.8 Å². The summed E-state index contributed by atoms with van der Waals surface area (Å²) < 4.78 is 16.0. The Morgan fingerprint density at radius 3 is 1.96 bits per heavy atom. The Morgan fingerprint density at radius 1 is 0.917 bits per heavy atom. The third-order valence-electron chi connectivity index (χ3n) is 3.97. The molecule has 0 amide bonds. The molecule has 10 heteroatoms. The van der Waals surface area contributed by atoms with Crippen LogP contribution in [0, 0.1) is 0 Å². The first-order valence-electron chi connectivity index (χ1n) is 7.78. The Balaban J connectivity index is 2.72. The van der Waals surface area contributed by atoms with E-state index in [1.54, 1.807) is 0 Å². The summed E-state index contributed by atoms with van der Waals surface area (Å²) in [6, 6.07) is 0. The van der Waals surface area contributed by atoms with E-state index in [-0.39, 0.29) is 0 Å². The molecule has 7 N–H and O–H groups in total. The van der Waals surface area contributed by atoms with Gasteiger partial charge in [-0.3, -0.25) is 0 Å². The maximum absolute atomic E-state index is 9.92. The van der Waals surface area contributed by atoms with Crippen LogP contribution >= 0.6 is 0 Å². The normalized spacial score (nSPS) is 36.1. The molecule has 0 saturated carbocycles. The fourth-order valence-corrected chi connectivity index (χ4v) is 2.33. The zero-order valence-corrected chi connectivity index (χ0v) is 13.7. The molecule has 0 aromatic rings. The minimum Gasteiger partial charge on any atom is -0.394 e. The van der Waals surface area contributed by atoms with E-state index in [9.17, 15) is 25.5 Å². The second-order valence-corrected chi connectivity index (χ2v) is 5.86. The van der Waals surface area contributed by atoms with Gasteiger partial charge in [-0.15, -0.1) is 0 Å². The summed E-state index contributed by atoms with van der Waals surface area (Å²) in [5.41, 5.74) is 0. The smallest absolute Gasteiger partial charge is 0.187 e. The predicted octanol–water partition coefficient (Wildman–Crippen LogP) is -3.69. The number of aliphatic hydroxyl groups excluding tert-OH is 7. The molecular weight excluding hydrogens is 328 g/mol. The van der Waals surface area contributed by atoms with E-state index in [4.69, 9.17) is 24.4 Å². The van der Waals surface area contributed by atoms with Gasteiger partial charge in [0.15, 0.2) is 6.29 Å². The molecule has 0 radical (unpaired) electrons. The molecule has 1 aliphatic heterocycles. The zero-order chi connectivity index (χ0) is 18.4. The lowest BCUT2D eigenvalue weighted by Crippen LogP contribution is -2.60. The second-order valence-electron chi connectivity index (χ2n) is 5.86. The van der Waals surface area contributed by atoms with Crippen molar-refractivity contribution in [1.82, 2.24) is 0 Å². The predicted molar refractivity (Wildman–Crippen MR) is 78.8 cm³/mol. The van der Waals surface area contributed by atoms with E-state index in [0.29, 0.717) is 0 Å². The second kappa shape index (κ2) is 9.92. The van der Waals surface area contributed by atoms with Crippen molar-refractivity contribution >= 4 is 0 Å². The van der Waals surface area contributed by atoms with Crippen molar-refractivity contribution in [2.75, 3.05) is 19.8 Å². The fraction of sp³-hybridized carbons (Fsp3) is 1.00. The van der Waals surface area contributed by atoms with Gasteiger partial charge in [-0.2, -0.15) is 0 Å². The molecule has 1 fully saturated rings. The molecule has 144 valence electrons. The molecule has 1 saturated heterocycles. The molecule has 0 aliphatic carbocycles. The van der Waals surface area contributed by atoms with Crippen molar-refractivity contribution in [2.24, 2.45) is 0 Å². The van der Waals surface area contributed by atoms with Crippen LogP contribution in [0.4, 0.5) is 0 Å². The lowest BCUT2D eigenvalue weighted by atomic mass is 9.99. The van der Waals surface area contributed by atoms with Gasteiger partial charge in [0.05, 0.1) is 32.0 Å². The molecule has 24 heavy (non-hydrogen) atoms. The van der Waals surface area contributed by atoms with Crippen LogP contribution in [0.2, 0.25) is 0 Å². The Bertz CT molecular complexity index is 352. The molecule has 0 aromatic heterocycles. The molecule has 1 rings (SSSR count). The van der Waals surface area contributed by atoms with Crippen molar-refractivity contribution in [2.45, 2.75) is 69.0 Å². The highest BCUT2D eigenvalue weighted by Gasteiger charge is 2.45. The molecule has 1 heterocycles. The molecule has 10 nitrogen and oxygen atoms in total. The average molecular weight is 356 g/mol. The van der Waals surface area contributed by atoms with Gasteiger partial charge in [-0.1, -0.05) is 0 Å². The third kappa shape index (κ3) is 5.30. The first-order chi connectivity index (χ1) is 11.3. The Hall–Kier alpha value is -0.400. The highest BCUT2D eigenvalue weighted by Crippen LogP contribution is 2.24. The molecule has 0 spiro atoms. The monoisotopic (exact) mass is 356 g/mol. The summed E-state index contributed by atoms with van der Waals surface area (Å²) in [7, 11) is 0. The maximum atomic E-state index is 9.92. The van der Waals surface area contributed by atoms with E-state index in [1.807, 2.05) is 0 Å². The molecular formula is C14H28O10. The summed E-state index contributed by atoms with van der Waals surface area (Å²) in [5, 5.41) is 66.5. The lowest BCUT2D eigenvalue weighted by Gasteiger charge is -2.41. The first-order valence-corrected chi connectivity index (χ1v) is 7.78. The first kappa shape index (κ1) is 21.6. The van der Waals surface area contributed by atoms with Gasteiger partial charge in [0.25, 0.3) is 0 Å². The van der Waals surface area contributed by atoms with Crippen molar-refractivity contribution in [3.8, 4) is 0 Å². The quantitative estimate of drug-likeness (QED) is 0.218. The van der Waals surface area contributed by atoms with Crippen LogP contribution in [0.15, 0.2) is 0 Å². The Morgan fingerprint density at radius 2 is 1.50 bits per heavy atom. The summed E-state index contributed by atoms with van der Waals surface area (Å²) in [5.74, 6) is 0. The molecule has 8 unspecified atom stereocenters. The third-order valence-corrected chi connectivity index (χ3v) is 3.97. The van der Waals surface area contributed by atoms with E-state index in [2.05, 4.69) is 0 Å². The Labute approximate surface area is 139 Å². The average Bonchev–Trinajstić information content (AvgIpc) is 2.56. The standard InChI is InChI=1S/C14H28O10/c1-6(18)8(3-15)22-7(2)9(4-16)23-14-13(21)12(20)11(19)10(5-17)24-14/h6-21H,3-5H2,1-2H3/t6?,7?,8?,9-,10?,11?,12?,13?,14?/m0/s1. The number of aliphatic hydroxyl groups is 7. The van der Waals surface area contributed by atoms with Gasteiger partial charge in [0.1, 0.15) is 36.6 Å². The van der Waals surface area contributed by atoms with E-state index < -0.39 is 74.9 Å². The van der Waals surface area contributed by atoms with Gasteiger partial charge < -0.3 is 50.0 Å². The fourth-order valence-electron chi connectivity index (χ4n) is 2.33. The number of rotatable bonds is 9. The minimum absolute atomic E-state index is 0.444. The van der Waals surface area contributed by atoms with Crippen LogP contribution in [0.5, 0.6) is 0 Å². The van der Waals surface area contributed by atoms with Gasteiger partial charge in [0.2, 0.25) is 0 Å². The van der Waals surface area contributed by atoms with Crippen LogP contribution in [0.25, 0.3) is 0 Å². The molecule has 9 atom stereocenters. The minimum atomic E-state index is -1.60. The molecule has 0 aromatic carbocycles. The lowest BCUT2D eigenvalue weighted by molar-refractivity contribution is -0.321. The summed E-state index contributed by atoms with van der Waals surface area (Å²) in [6.07, 6.45) is -10.9. The largest absolute Gasteiger partial charge is 0.394 e. The van der Waals surface area contributed by atoms with E-state index in [0.717, 1.165) is 0 Å². The number of ether oxygens (including phenoxy) is 3. The van der Waals surface area contributed by atoms with E-state index in [1.165, 1.54) is 13.8 Å². The highest BCUT2D eigenvalue weighted by atomic mass is 16.7. The number of hydrogen-bond donors (Lipinski definition) is 7. The summed E-state index contributed by atoms with van der Waals surface area (Å²) >= 11 is 0. The zero-order valence-electron chi connectivity index (χ0n) is 13.7. The summed E-state index contributed by atoms with van der Waals surface area (Å²) in [6.45, 7) is 1.37. The van der Waals surface area contributed by atoms with Crippen molar-refractivity contribution in [3.05, 3.63) is 0 Å². The number of hydrogen-bond acceptors (Lipinski definition) is 10.